The number of rotatable bonds is 3. The Morgan fingerprint density at radius 1 is 0.889 bits per heavy atom. The van der Waals surface area contributed by atoms with E-state index in [4.69, 9.17) is 0 Å². The molecule has 144 valence electrons. The van der Waals surface area contributed by atoms with Crippen LogP contribution >= 0.6 is 0 Å². The number of amides is 1. The molecule has 1 heterocycles. The molecular weight excluding hydrogens is 374 g/mol. The first-order chi connectivity index (χ1) is 12.5. The van der Waals surface area contributed by atoms with Crippen molar-refractivity contribution in [3.05, 3.63) is 69.8 Å². The van der Waals surface area contributed by atoms with E-state index in [1.54, 1.807) is 6.07 Å². The van der Waals surface area contributed by atoms with Gasteiger partial charge in [0.05, 0.1) is 11.1 Å². The van der Waals surface area contributed by atoms with Crippen LogP contribution in [0.1, 0.15) is 38.2 Å². The summed E-state index contributed by atoms with van der Waals surface area (Å²) in [7, 11) is 0. The maximum atomic E-state index is 12.9. The second-order valence-electron chi connectivity index (χ2n) is 6.18. The molecule has 27 heavy (non-hydrogen) atoms. The summed E-state index contributed by atoms with van der Waals surface area (Å²) >= 11 is 0. The molecule has 0 spiro atoms. The third kappa shape index (κ3) is 4.41. The molecule has 2 N–H and O–H groups in total. The number of fused-ring (bicyclic) bond motifs is 1. The van der Waals surface area contributed by atoms with E-state index in [0.29, 0.717) is 24.2 Å². The van der Waals surface area contributed by atoms with Crippen LogP contribution in [0.15, 0.2) is 36.4 Å². The van der Waals surface area contributed by atoms with Gasteiger partial charge in [0, 0.05) is 25.2 Å². The molecule has 0 saturated carbocycles. The van der Waals surface area contributed by atoms with Gasteiger partial charge in [0.2, 0.25) is 0 Å². The maximum Gasteiger partial charge on any atom is 0.416 e. The van der Waals surface area contributed by atoms with Crippen molar-refractivity contribution in [1.82, 2.24) is 10.6 Å². The van der Waals surface area contributed by atoms with E-state index in [2.05, 4.69) is 10.6 Å². The van der Waals surface area contributed by atoms with Gasteiger partial charge in [-0.15, -0.1) is 0 Å². The molecule has 3 rings (SSSR count). The first-order valence-electron chi connectivity index (χ1n) is 7.93. The molecule has 1 aliphatic rings. The molecule has 0 atom stereocenters. The Kier molecular flexibility index (Phi) is 4.90. The van der Waals surface area contributed by atoms with Gasteiger partial charge in [-0.2, -0.15) is 26.3 Å². The highest BCUT2D eigenvalue weighted by Gasteiger charge is 2.37. The molecule has 1 aliphatic heterocycles. The summed E-state index contributed by atoms with van der Waals surface area (Å²) in [5, 5.41) is 5.52. The minimum absolute atomic E-state index is 0.00964. The highest BCUT2D eigenvalue weighted by molar-refractivity contribution is 5.94. The summed E-state index contributed by atoms with van der Waals surface area (Å²) < 4.78 is 77.2. The lowest BCUT2D eigenvalue weighted by atomic mass is 10.0. The van der Waals surface area contributed by atoms with Gasteiger partial charge in [-0.3, -0.25) is 4.79 Å². The van der Waals surface area contributed by atoms with E-state index in [-0.39, 0.29) is 12.6 Å². The van der Waals surface area contributed by atoms with E-state index < -0.39 is 35.0 Å². The predicted molar refractivity (Wildman–Crippen MR) is 84.6 cm³/mol. The van der Waals surface area contributed by atoms with Gasteiger partial charge in [-0.25, -0.2) is 0 Å². The highest BCUT2D eigenvalue weighted by atomic mass is 19.4. The fourth-order valence-electron chi connectivity index (χ4n) is 2.83. The van der Waals surface area contributed by atoms with Crippen LogP contribution in [-0.2, 0) is 32.0 Å². The van der Waals surface area contributed by atoms with Crippen molar-refractivity contribution in [1.29, 1.82) is 0 Å². The van der Waals surface area contributed by atoms with Crippen LogP contribution in [0.2, 0.25) is 0 Å². The van der Waals surface area contributed by atoms with Gasteiger partial charge in [0.1, 0.15) is 0 Å². The normalized spacial score (nSPS) is 14.1. The Morgan fingerprint density at radius 3 is 2.07 bits per heavy atom. The summed E-state index contributed by atoms with van der Waals surface area (Å²) in [6, 6.07) is 6.27. The molecule has 0 unspecified atom stereocenters. The van der Waals surface area contributed by atoms with Crippen molar-refractivity contribution in [3.8, 4) is 0 Å². The molecule has 0 radical (unpaired) electrons. The largest absolute Gasteiger partial charge is 0.416 e. The molecule has 2 aromatic carbocycles. The molecule has 0 saturated heterocycles. The average molecular weight is 388 g/mol. The van der Waals surface area contributed by atoms with Crippen molar-refractivity contribution in [2.24, 2.45) is 0 Å². The summed E-state index contributed by atoms with van der Waals surface area (Å²) in [6.07, 6.45) is -9.99. The summed E-state index contributed by atoms with van der Waals surface area (Å²) in [5.41, 5.74) is -0.885. The van der Waals surface area contributed by atoms with Crippen LogP contribution in [0.4, 0.5) is 26.3 Å². The number of hydrogen-bond donors (Lipinski definition) is 2. The first-order valence-corrected chi connectivity index (χ1v) is 7.93. The molecular formula is C18H14F6N2O. The lowest BCUT2D eigenvalue weighted by Gasteiger charge is -2.14. The molecule has 0 aliphatic carbocycles. The number of carbonyl (C=O) groups excluding carboxylic acids is 1. The Bertz CT molecular complexity index is 841. The standard InChI is InChI=1S/C18H14F6N2O/c19-17(20,21)14-4-12(5-15(6-14)18(22,23)24)16(27)26-7-10-1-2-11-8-25-9-13(11)3-10/h1-6,25H,7-9H2,(H,26,27). The minimum Gasteiger partial charge on any atom is -0.348 e. The highest BCUT2D eigenvalue weighted by Crippen LogP contribution is 2.36. The van der Waals surface area contributed by atoms with Gasteiger partial charge in [0.25, 0.3) is 5.91 Å². The third-order valence-electron chi connectivity index (χ3n) is 4.20. The minimum atomic E-state index is -5.00. The maximum absolute atomic E-state index is 12.9. The quantitative estimate of drug-likeness (QED) is 0.772. The van der Waals surface area contributed by atoms with Crippen molar-refractivity contribution in [2.45, 2.75) is 32.0 Å². The fraction of sp³-hybridized carbons (Fsp3) is 0.278. The number of nitrogens with one attached hydrogen (secondary N) is 2. The Labute approximate surface area is 150 Å². The Hall–Kier alpha value is -2.55. The Balaban J connectivity index is 1.81. The SMILES string of the molecule is O=C(NCc1ccc2c(c1)CNC2)c1cc(C(F)(F)F)cc(C(F)(F)F)c1. The van der Waals surface area contributed by atoms with Crippen LogP contribution in [0.5, 0.6) is 0 Å². The first kappa shape index (κ1) is 19.2. The lowest BCUT2D eigenvalue weighted by Crippen LogP contribution is -2.24. The van der Waals surface area contributed by atoms with E-state index in [0.717, 1.165) is 17.7 Å². The molecule has 9 heteroatoms. The molecule has 1 amide bonds. The molecule has 0 aromatic heterocycles. The van der Waals surface area contributed by atoms with E-state index >= 15 is 0 Å². The number of benzene rings is 2. The van der Waals surface area contributed by atoms with Gasteiger partial charge < -0.3 is 10.6 Å². The van der Waals surface area contributed by atoms with Crippen molar-refractivity contribution < 1.29 is 31.1 Å². The van der Waals surface area contributed by atoms with Crippen LogP contribution in [0, 0.1) is 0 Å². The molecule has 2 aromatic rings. The molecule has 0 fully saturated rings. The van der Waals surface area contributed by atoms with Gasteiger partial charge in [-0.05, 0) is 34.9 Å². The number of halogens is 6. The van der Waals surface area contributed by atoms with E-state index in [1.165, 1.54) is 0 Å². The summed E-state index contributed by atoms with van der Waals surface area (Å²) in [4.78, 5) is 12.2. The third-order valence-corrected chi connectivity index (χ3v) is 4.20. The van der Waals surface area contributed by atoms with Gasteiger partial charge >= 0.3 is 12.4 Å². The number of alkyl halides is 6. The van der Waals surface area contributed by atoms with Crippen molar-refractivity contribution >= 4 is 5.91 Å². The zero-order valence-electron chi connectivity index (χ0n) is 13.8. The average Bonchev–Trinajstić information content (AvgIpc) is 3.05. The van der Waals surface area contributed by atoms with E-state index in [9.17, 15) is 31.1 Å². The van der Waals surface area contributed by atoms with Crippen LogP contribution in [0.25, 0.3) is 0 Å². The van der Waals surface area contributed by atoms with Crippen LogP contribution in [0.3, 0.4) is 0 Å². The number of carbonyl (C=O) groups is 1. The molecule has 3 nitrogen and oxygen atoms in total. The fourth-order valence-corrected chi connectivity index (χ4v) is 2.83. The second-order valence-corrected chi connectivity index (χ2v) is 6.18. The summed E-state index contributed by atoms with van der Waals surface area (Å²) in [5.74, 6) is -1.01. The summed E-state index contributed by atoms with van der Waals surface area (Å²) in [6.45, 7) is 1.38. The monoisotopic (exact) mass is 388 g/mol. The second kappa shape index (κ2) is 6.88. The zero-order valence-corrected chi connectivity index (χ0v) is 13.8. The van der Waals surface area contributed by atoms with Gasteiger partial charge in [0.15, 0.2) is 0 Å². The molecule has 0 bridgehead atoms. The van der Waals surface area contributed by atoms with Crippen molar-refractivity contribution in [3.63, 3.8) is 0 Å². The Morgan fingerprint density at radius 2 is 1.48 bits per heavy atom. The van der Waals surface area contributed by atoms with Crippen LogP contribution in [-0.4, -0.2) is 5.91 Å². The smallest absolute Gasteiger partial charge is 0.348 e. The van der Waals surface area contributed by atoms with E-state index in [1.807, 2.05) is 12.1 Å². The predicted octanol–water partition coefficient (Wildman–Crippen LogP) is 4.26. The zero-order chi connectivity index (χ0) is 19.8. The van der Waals surface area contributed by atoms with Crippen LogP contribution < -0.4 is 10.6 Å². The van der Waals surface area contributed by atoms with Crippen molar-refractivity contribution in [2.75, 3.05) is 0 Å². The van der Waals surface area contributed by atoms with Gasteiger partial charge in [-0.1, -0.05) is 18.2 Å². The number of hydrogen-bond acceptors (Lipinski definition) is 2. The lowest BCUT2D eigenvalue weighted by molar-refractivity contribution is -0.143. The topological polar surface area (TPSA) is 41.1 Å².